The number of amides is 1. The van der Waals surface area contributed by atoms with E-state index in [0.29, 0.717) is 11.6 Å². The SMILES string of the molecule is Cc1cc(C(N)=O)ccc1NC1Cc2ccc(Cl)cc2C1. The molecule has 3 N–H and O–H groups in total. The van der Waals surface area contributed by atoms with Crippen LogP contribution in [-0.4, -0.2) is 11.9 Å². The maximum Gasteiger partial charge on any atom is 0.248 e. The predicted octanol–water partition coefficient (Wildman–Crippen LogP) is 3.33. The standard InChI is InChI=1S/C17H17ClN2O/c1-10-6-12(17(19)21)3-5-16(10)20-15-8-11-2-4-14(18)7-13(11)9-15/h2-7,15,20H,8-9H2,1H3,(H2,19,21). The molecule has 0 saturated carbocycles. The molecular weight excluding hydrogens is 284 g/mol. The second kappa shape index (κ2) is 5.41. The molecule has 108 valence electrons. The number of primary amides is 1. The van der Waals surface area contributed by atoms with Crippen LogP contribution < -0.4 is 11.1 Å². The van der Waals surface area contributed by atoms with Crippen molar-refractivity contribution in [2.75, 3.05) is 5.32 Å². The minimum absolute atomic E-state index is 0.358. The summed E-state index contributed by atoms with van der Waals surface area (Å²) in [6, 6.07) is 11.9. The summed E-state index contributed by atoms with van der Waals surface area (Å²) >= 11 is 6.04. The van der Waals surface area contributed by atoms with Gasteiger partial charge in [-0.1, -0.05) is 17.7 Å². The van der Waals surface area contributed by atoms with E-state index in [0.717, 1.165) is 29.1 Å². The van der Waals surface area contributed by atoms with Gasteiger partial charge in [-0.2, -0.15) is 0 Å². The molecule has 0 saturated heterocycles. The van der Waals surface area contributed by atoms with Crippen LogP contribution in [0, 0.1) is 6.92 Å². The second-order valence-electron chi connectivity index (χ2n) is 5.56. The molecule has 0 aliphatic heterocycles. The summed E-state index contributed by atoms with van der Waals surface area (Å²) in [7, 11) is 0. The van der Waals surface area contributed by atoms with E-state index in [1.807, 2.05) is 31.2 Å². The summed E-state index contributed by atoms with van der Waals surface area (Å²) < 4.78 is 0. The molecule has 1 aliphatic rings. The maximum atomic E-state index is 11.2. The highest BCUT2D eigenvalue weighted by molar-refractivity contribution is 6.30. The van der Waals surface area contributed by atoms with Gasteiger partial charge in [-0.05, 0) is 66.8 Å². The third-order valence-corrected chi connectivity index (χ3v) is 4.21. The smallest absolute Gasteiger partial charge is 0.248 e. The number of carbonyl (C=O) groups is 1. The van der Waals surface area contributed by atoms with Crippen LogP contribution in [0.4, 0.5) is 5.69 Å². The number of rotatable bonds is 3. The molecule has 1 unspecified atom stereocenters. The van der Waals surface area contributed by atoms with Crippen LogP contribution in [0.2, 0.25) is 5.02 Å². The molecule has 0 radical (unpaired) electrons. The topological polar surface area (TPSA) is 55.1 Å². The molecule has 3 rings (SSSR count). The molecule has 4 heteroatoms. The Balaban J connectivity index is 1.76. The molecule has 1 atom stereocenters. The highest BCUT2D eigenvalue weighted by Crippen LogP contribution is 2.28. The average Bonchev–Trinajstić information content (AvgIpc) is 2.82. The number of fused-ring (bicyclic) bond motifs is 1. The van der Waals surface area contributed by atoms with Crippen molar-refractivity contribution in [2.45, 2.75) is 25.8 Å². The average molecular weight is 301 g/mol. The van der Waals surface area contributed by atoms with Crippen LogP contribution in [0.3, 0.4) is 0 Å². The number of hydrogen-bond donors (Lipinski definition) is 2. The fourth-order valence-electron chi connectivity index (χ4n) is 2.89. The van der Waals surface area contributed by atoms with Crippen LogP contribution in [0.1, 0.15) is 27.0 Å². The zero-order valence-corrected chi connectivity index (χ0v) is 12.6. The molecule has 0 bridgehead atoms. The molecule has 0 aromatic heterocycles. The van der Waals surface area contributed by atoms with E-state index in [1.165, 1.54) is 11.1 Å². The van der Waals surface area contributed by atoms with Crippen LogP contribution in [0.15, 0.2) is 36.4 Å². The largest absolute Gasteiger partial charge is 0.381 e. The summed E-state index contributed by atoms with van der Waals surface area (Å²) in [6.45, 7) is 1.98. The van der Waals surface area contributed by atoms with Gasteiger partial charge in [0.1, 0.15) is 0 Å². The van der Waals surface area contributed by atoms with E-state index in [4.69, 9.17) is 17.3 Å². The normalized spacial score (nSPS) is 16.6. The van der Waals surface area contributed by atoms with E-state index in [1.54, 1.807) is 6.07 Å². The Kier molecular flexibility index (Phi) is 3.60. The third kappa shape index (κ3) is 2.88. The highest BCUT2D eigenvalue weighted by atomic mass is 35.5. The molecule has 2 aromatic carbocycles. The number of nitrogens with two attached hydrogens (primary N) is 1. The lowest BCUT2D eigenvalue weighted by atomic mass is 10.1. The van der Waals surface area contributed by atoms with E-state index in [9.17, 15) is 4.79 Å². The number of nitrogens with one attached hydrogen (secondary N) is 1. The van der Waals surface area contributed by atoms with Gasteiger partial charge in [-0.15, -0.1) is 0 Å². The van der Waals surface area contributed by atoms with Gasteiger partial charge in [0.15, 0.2) is 0 Å². The minimum Gasteiger partial charge on any atom is -0.381 e. The summed E-state index contributed by atoms with van der Waals surface area (Å²) in [4.78, 5) is 11.2. The minimum atomic E-state index is -0.396. The number of benzene rings is 2. The van der Waals surface area contributed by atoms with Crippen molar-refractivity contribution in [2.24, 2.45) is 5.73 Å². The van der Waals surface area contributed by atoms with E-state index < -0.39 is 5.91 Å². The van der Waals surface area contributed by atoms with Gasteiger partial charge in [0.05, 0.1) is 0 Å². The molecule has 0 heterocycles. The second-order valence-corrected chi connectivity index (χ2v) is 5.99. The van der Waals surface area contributed by atoms with Gasteiger partial charge in [-0.25, -0.2) is 0 Å². The van der Waals surface area contributed by atoms with Gasteiger partial charge >= 0.3 is 0 Å². The van der Waals surface area contributed by atoms with Gasteiger partial charge in [0.2, 0.25) is 5.91 Å². The quantitative estimate of drug-likeness (QED) is 0.913. The summed E-state index contributed by atoms with van der Waals surface area (Å²) in [6.07, 6.45) is 1.95. The first kappa shape index (κ1) is 14.0. The lowest BCUT2D eigenvalue weighted by molar-refractivity contribution is 0.1000. The Morgan fingerprint density at radius 1 is 1.19 bits per heavy atom. The predicted molar refractivity (Wildman–Crippen MR) is 86.0 cm³/mol. The van der Waals surface area contributed by atoms with Crippen LogP contribution in [0.25, 0.3) is 0 Å². The Morgan fingerprint density at radius 3 is 2.67 bits per heavy atom. The summed E-state index contributed by atoms with van der Waals surface area (Å²) in [5.41, 5.74) is 10.6. The van der Waals surface area contributed by atoms with Crippen molar-refractivity contribution in [1.82, 2.24) is 0 Å². The monoisotopic (exact) mass is 300 g/mol. The maximum absolute atomic E-state index is 11.2. The lowest BCUT2D eigenvalue weighted by Crippen LogP contribution is -2.20. The molecule has 1 aliphatic carbocycles. The fourth-order valence-corrected chi connectivity index (χ4v) is 3.08. The van der Waals surface area contributed by atoms with Gasteiger partial charge < -0.3 is 11.1 Å². The summed E-state index contributed by atoms with van der Waals surface area (Å²) in [5, 5.41) is 4.33. The molecule has 21 heavy (non-hydrogen) atoms. The van der Waals surface area contributed by atoms with Crippen molar-refractivity contribution in [3.05, 3.63) is 63.7 Å². The van der Waals surface area contributed by atoms with Crippen molar-refractivity contribution in [1.29, 1.82) is 0 Å². The molecule has 2 aromatic rings. The first-order valence-corrected chi connectivity index (χ1v) is 7.35. The number of aryl methyl sites for hydroxylation is 1. The first-order chi connectivity index (χ1) is 10.0. The third-order valence-electron chi connectivity index (χ3n) is 3.97. The Labute approximate surface area is 129 Å². The number of carbonyl (C=O) groups excluding carboxylic acids is 1. The van der Waals surface area contributed by atoms with Gasteiger partial charge in [0.25, 0.3) is 0 Å². The number of anilines is 1. The zero-order chi connectivity index (χ0) is 15.0. The van der Waals surface area contributed by atoms with Crippen LogP contribution in [-0.2, 0) is 12.8 Å². The first-order valence-electron chi connectivity index (χ1n) is 6.97. The molecular formula is C17H17ClN2O. The van der Waals surface area contributed by atoms with Crippen molar-refractivity contribution >= 4 is 23.2 Å². The Morgan fingerprint density at radius 2 is 1.95 bits per heavy atom. The highest BCUT2D eigenvalue weighted by Gasteiger charge is 2.21. The Hall–Kier alpha value is -2.00. The fraction of sp³-hybridized carbons (Fsp3) is 0.235. The van der Waals surface area contributed by atoms with Crippen LogP contribution in [0.5, 0.6) is 0 Å². The van der Waals surface area contributed by atoms with Crippen LogP contribution >= 0.6 is 11.6 Å². The lowest BCUT2D eigenvalue weighted by Gasteiger charge is -2.16. The van der Waals surface area contributed by atoms with Crippen molar-refractivity contribution in [3.63, 3.8) is 0 Å². The van der Waals surface area contributed by atoms with Crippen molar-refractivity contribution < 1.29 is 4.79 Å². The van der Waals surface area contributed by atoms with E-state index in [2.05, 4.69) is 11.4 Å². The molecule has 3 nitrogen and oxygen atoms in total. The number of hydrogen-bond acceptors (Lipinski definition) is 2. The zero-order valence-electron chi connectivity index (χ0n) is 11.8. The van der Waals surface area contributed by atoms with Gasteiger partial charge in [0, 0.05) is 22.3 Å². The molecule has 0 spiro atoms. The number of halogens is 1. The molecule has 1 amide bonds. The Bertz CT molecular complexity index is 712. The summed E-state index contributed by atoms with van der Waals surface area (Å²) in [5.74, 6) is -0.396. The van der Waals surface area contributed by atoms with Crippen molar-refractivity contribution in [3.8, 4) is 0 Å². The van der Waals surface area contributed by atoms with Gasteiger partial charge in [-0.3, -0.25) is 4.79 Å². The molecule has 0 fully saturated rings. The van der Waals surface area contributed by atoms with E-state index in [-0.39, 0.29) is 0 Å². The van der Waals surface area contributed by atoms with E-state index >= 15 is 0 Å².